The van der Waals surface area contributed by atoms with Gasteiger partial charge < -0.3 is 14.0 Å². The van der Waals surface area contributed by atoms with Gasteiger partial charge in [-0.05, 0) is 96.3 Å². The molecule has 1 heterocycles. The topological polar surface area (TPSA) is 44.8 Å². The molecular formula is C22H32BFO4. The van der Waals surface area contributed by atoms with Crippen LogP contribution in [0, 0.1) is 5.82 Å². The minimum atomic E-state index is -0.596. The number of hydrogen-bond donors (Lipinski definition) is 0. The lowest BCUT2D eigenvalue weighted by atomic mass is 9.76. The van der Waals surface area contributed by atoms with Gasteiger partial charge in [0, 0.05) is 6.42 Å². The van der Waals surface area contributed by atoms with Crippen LogP contribution in [-0.2, 0) is 24.3 Å². The molecule has 0 atom stereocenters. The quantitative estimate of drug-likeness (QED) is 0.556. The number of rotatable bonds is 5. The average molecular weight is 390 g/mol. The SMILES string of the molecule is CC(C)(C)OC(=O)CCC1(c2cc(F)cc(B3OC(C)(C)C(C)(C)O3)c2)CC1. The molecule has 0 radical (unpaired) electrons. The molecular weight excluding hydrogens is 358 g/mol. The predicted molar refractivity (Wildman–Crippen MR) is 108 cm³/mol. The number of hydrogen-bond acceptors (Lipinski definition) is 4. The highest BCUT2D eigenvalue weighted by molar-refractivity contribution is 6.62. The maximum absolute atomic E-state index is 14.4. The van der Waals surface area contributed by atoms with E-state index in [1.807, 2.05) is 54.5 Å². The van der Waals surface area contributed by atoms with Crippen molar-refractivity contribution in [2.24, 2.45) is 0 Å². The number of ether oxygens (including phenoxy) is 1. The zero-order valence-electron chi connectivity index (χ0n) is 18.1. The molecule has 2 aliphatic rings. The molecule has 0 bridgehead atoms. The summed E-state index contributed by atoms with van der Waals surface area (Å²) in [7, 11) is -0.596. The second kappa shape index (κ2) is 6.84. The highest BCUT2D eigenvalue weighted by Crippen LogP contribution is 2.52. The van der Waals surface area contributed by atoms with Crippen LogP contribution < -0.4 is 5.46 Å². The van der Waals surface area contributed by atoms with Crippen molar-refractivity contribution in [3.05, 3.63) is 29.6 Å². The van der Waals surface area contributed by atoms with Gasteiger partial charge in [-0.25, -0.2) is 4.39 Å². The fraction of sp³-hybridized carbons (Fsp3) is 0.682. The zero-order chi connectivity index (χ0) is 21.0. The first-order valence-corrected chi connectivity index (χ1v) is 10.1. The van der Waals surface area contributed by atoms with Crippen LogP contribution in [0.4, 0.5) is 4.39 Å². The van der Waals surface area contributed by atoms with Crippen molar-refractivity contribution in [3.8, 4) is 0 Å². The van der Waals surface area contributed by atoms with E-state index in [9.17, 15) is 9.18 Å². The molecule has 1 aromatic rings. The summed E-state index contributed by atoms with van der Waals surface area (Å²) in [6.07, 6.45) is 2.89. The van der Waals surface area contributed by atoms with E-state index >= 15 is 0 Å². The number of carbonyl (C=O) groups is 1. The number of benzene rings is 1. The van der Waals surface area contributed by atoms with Crippen LogP contribution in [0.5, 0.6) is 0 Å². The summed E-state index contributed by atoms with van der Waals surface area (Å²) >= 11 is 0. The van der Waals surface area contributed by atoms with Gasteiger partial charge in [0.2, 0.25) is 0 Å². The number of esters is 1. The predicted octanol–water partition coefficient (Wildman–Crippen LogP) is 4.28. The molecule has 0 spiro atoms. The van der Waals surface area contributed by atoms with Crippen molar-refractivity contribution in [1.29, 1.82) is 0 Å². The first-order chi connectivity index (χ1) is 12.7. The van der Waals surface area contributed by atoms with E-state index in [1.165, 1.54) is 6.07 Å². The molecule has 1 aliphatic heterocycles. The molecule has 1 aromatic carbocycles. The number of carbonyl (C=O) groups excluding carboxylic acids is 1. The second-order valence-electron chi connectivity index (χ2n) is 10.2. The lowest BCUT2D eigenvalue weighted by Gasteiger charge is -2.32. The normalized spacial score (nSPS) is 22.2. The molecule has 154 valence electrons. The first-order valence-electron chi connectivity index (χ1n) is 10.1. The molecule has 1 saturated heterocycles. The maximum atomic E-state index is 14.4. The Morgan fingerprint density at radius 1 is 1.11 bits per heavy atom. The molecule has 1 aliphatic carbocycles. The maximum Gasteiger partial charge on any atom is 0.494 e. The first kappa shape index (κ1) is 21.3. The molecule has 0 amide bonds. The lowest BCUT2D eigenvalue weighted by Crippen LogP contribution is -2.41. The highest BCUT2D eigenvalue weighted by Gasteiger charge is 2.52. The van der Waals surface area contributed by atoms with Gasteiger partial charge in [-0.2, -0.15) is 0 Å². The Morgan fingerprint density at radius 2 is 1.68 bits per heavy atom. The van der Waals surface area contributed by atoms with E-state index in [0.29, 0.717) is 18.3 Å². The van der Waals surface area contributed by atoms with Crippen LogP contribution in [0.15, 0.2) is 18.2 Å². The van der Waals surface area contributed by atoms with Gasteiger partial charge in [0.05, 0.1) is 11.2 Å². The molecule has 0 unspecified atom stereocenters. The van der Waals surface area contributed by atoms with Crippen molar-refractivity contribution in [3.63, 3.8) is 0 Å². The third-order valence-corrected chi connectivity index (χ3v) is 6.14. The Kier molecular flexibility index (Phi) is 5.21. The van der Waals surface area contributed by atoms with Crippen molar-refractivity contribution >= 4 is 18.6 Å². The van der Waals surface area contributed by atoms with E-state index in [4.69, 9.17) is 14.0 Å². The van der Waals surface area contributed by atoms with Crippen LogP contribution in [0.2, 0.25) is 0 Å². The Labute approximate surface area is 168 Å². The largest absolute Gasteiger partial charge is 0.494 e. The molecule has 3 rings (SSSR count). The summed E-state index contributed by atoms with van der Waals surface area (Å²) in [5.41, 5.74) is 0.0162. The Balaban J connectivity index is 1.76. The van der Waals surface area contributed by atoms with E-state index in [1.54, 1.807) is 6.07 Å². The van der Waals surface area contributed by atoms with Crippen LogP contribution in [0.25, 0.3) is 0 Å². The molecule has 4 nitrogen and oxygen atoms in total. The van der Waals surface area contributed by atoms with Crippen LogP contribution in [0.1, 0.15) is 79.7 Å². The molecule has 1 saturated carbocycles. The van der Waals surface area contributed by atoms with Crippen LogP contribution in [0.3, 0.4) is 0 Å². The summed E-state index contributed by atoms with van der Waals surface area (Å²) in [4.78, 5) is 12.1. The molecule has 0 aromatic heterocycles. The zero-order valence-corrected chi connectivity index (χ0v) is 18.1. The molecule has 2 fully saturated rings. The summed E-state index contributed by atoms with van der Waals surface area (Å²) < 4.78 is 32.0. The van der Waals surface area contributed by atoms with Gasteiger partial charge in [-0.15, -0.1) is 0 Å². The Hall–Kier alpha value is -1.40. The van der Waals surface area contributed by atoms with Gasteiger partial charge in [0.25, 0.3) is 0 Å². The summed E-state index contributed by atoms with van der Waals surface area (Å²) in [6.45, 7) is 13.5. The number of halogens is 1. The smallest absolute Gasteiger partial charge is 0.460 e. The van der Waals surface area contributed by atoms with Gasteiger partial charge in [0.1, 0.15) is 11.4 Å². The Bertz CT molecular complexity index is 746. The van der Waals surface area contributed by atoms with E-state index in [-0.39, 0.29) is 17.2 Å². The second-order valence-corrected chi connectivity index (χ2v) is 10.2. The Morgan fingerprint density at radius 3 is 2.18 bits per heavy atom. The van der Waals surface area contributed by atoms with Gasteiger partial charge in [-0.3, -0.25) is 4.79 Å². The standard InChI is InChI=1S/C22H32BFO4/c1-19(2,3)26-18(25)8-9-22(10-11-22)15-12-16(14-17(24)13-15)23-27-20(4,5)21(6,7)28-23/h12-14H,8-11H2,1-7H3. The van der Waals surface area contributed by atoms with Crippen molar-refractivity contribution in [1.82, 2.24) is 0 Å². The van der Waals surface area contributed by atoms with Crippen molar-refractivity contribution in [2.75, 3.05) is 0 Å². The van der Waals surface area contributed by atoms with Gasteiger partial charge in [-0.1, -0.05) is 6.07 Å². The monoisotopic (exact) mass is 390 g/mol. The lowest BCUT2D eigenvalue weighted by molar-refractivity contribution is -0.155. The van der Waals surface area contributed by atoms with Gasteiger partial charge in [0.15, 0.2) is 0 Å². The van der Waals surface area contributed by atoms with E-state index in [0.717, 1.165) is 18.4 Å². The fourth-order valence-corrected chi connectivity index (χ4v) is 3.60. The highest BCUT2D eigenvalue weighted by atomic mass is 19.1. The van der Waals surface area contributed by atoms with Crippen LogP contribution in [-0.4, -0.2) is 29.9 Å². The van der Waals surface area contributed by atoms with Crippen molar-refractivity contribution in [2.45, 2.75) is 96.4 Å². The summed E-state index contributed by atoms with van der Waals surface area (Å²) in [5, 5.41) is 0. The summed E-state index contributed by atoms with van der Waals surface area (Å²) in [5.74, 6) is -0.507. The third kappa shape index (κ3) is 4.43. The van der Waals surface area contributed by atoms with Crippen molar-refractivity contribution < 1.29 is 23.2 Å². The molecule has 28 heavy (non-hydrogen) atoms. The van der Waals surface area contributed by atoms with E-state index in [2.05, 4.69) is 0 Å². The fourth-order valence-electron chi connectivity index (χ4n) is 3.60. The minimum absolute atomic E-state index is 0.155. The third-order valence-electron chi connectivity index (χ3n) is 6.14. The average Bonchev–Trinajstić information content (AvgIpc) is 3.26. The molecule has 6 heteroatoms. The minimum Gasteiger partial charge on any atom is -0.460 e. The summed E-state index contributed by atoms with van der Waals surface area (Å²) in [6, 6.07) is 5.04. The van der Waals surface area contributed by atoms with E-state index < -0.39 is 23.9 Å². The molecule has 0 N–H and O–H groups in total. The van der Waals surface area contributed by atoms with Gasteiger partial charge >= 0.3 is 13.1 Å². The van der Waals surface area contributed by atoms with Crippen LogP contribution >= 0.6 is 0 Å².